The van der Waals surface area contributed by atoms with E-state index in [-0.39, 0.29) is 6.42 Å². The third-order valence-corrected chi connectivity index (χ3v) is 1.48. The fourth-order valence-electron chi connectivity index (χ4n) is 0.569. The average Bonchev–Trinajstić information content (AvgIpc) is 2.00. The van der Waals surface area contributed by atoms with Gasteiger partial charge in [0.2, 0.25) is 0 Å². The van der Waals surface area contributed by atoms with Crippen molar-refractivity contribution in [2.24, 2.45) is 0 Å². The monoisotopic (exact) mass is 160 g/mol. The van der Waals surface area contributed by atoms with Crippen molar-refractivity contribution in [3.63, 3.8) is 0 Å². The molecular weight excluding hydrogens is 148 g/mol. The number of hydrogen-bond donors (Lipinski definition) is 2. The maximum absolute atomic E-state index is 10.4. The van der Waals surface area contributed by atoms with Crippen molar-refractivity contribution >= 4 is 5.97 Å². The lowest BCUT2D eigenvalue weighted by Gasteiger charge is -2.19. The van der Waals surface area contributed by atoms with Gasteiger partial charge < -0.3 is 5.11 Å². The zero-order chi connectivity index (χ0) is 8.91. The Labute approximate surface area is 65.0 Å². The van der Waals surface area contributed by atoms with E-state index < -0.39 is 11.6 Å². The molecule has 0 saturated heterocycles. The van der Waals surface area contributed by atoms with Gasteiger partial charge in [-0.1, -0.05) is 6.08 Å². The van der Waals surface area contributed by atoms with E-state index in [2.05, 4.69) is 11.5 Å². The number of rotatable bonds is 5. The molecule has 11 heavy (non-hydrogen) atoms. The van der Waals surface area contributed by atoms with Gasteiger partial charge in [0.15, 0.2) is 5.60 Å². The number of hydrogen-bond acceptors (Lipinski definition) is 3. The first kappa shape index (κ1) is 10.1. The molecule has 0 aromatic rings. The Morgan fingerprint density at radius 3 is 2.64 bits per heavy atom. The highest BCUT2D eigenvalue weighted by molar-refractivity contribution is 5.76. The van der Waals surface area contributed by atoms with Gasteiger partial charge in [0, 0.05) is 0 Å². The molecule has 64 valence electrons. The highest BCUT2D eigenvalue weighted by Gasteiger charge is 2.33. The van der Waals surface area contributed by atoms with Crippen LogP contribution in [0, 0.1) is 0 Å². The van der Waals surface area contributed by atoms with E-state index in [0.717, 1.165) is 0 Å². The van der Waals surface area contributed by atoms with Crippen LogP contribution in [0.15, 0.2) is 12.7 Å². The van der Waals surface area contributed by atoms with Gasteiger partial charge in [-0.05, 0) is 19.8 Å². The summed E-state index contributed by atoms with van der Waals surface area (Å²) in [6.45, 7) is 4.73. The molecule has 0 bridgehead atoms. The van der Waals surface area contributed by atoms with Gasteiger partial charge >= 0.3 is 5.97 Å². The average molecular weight is 160 g/mol. The Bertz CT molecular complexity index is 155. The molecule has 0 spiro atoms. The molecule has 4 heteroatoms. The van der Waals surface area contributed by atoms with Crippen LogP contribution in [-0.2, 0) is 9.68 Å². The van der Waals surface area contributed by atoms with Gasteiger partial charge in [-0.25, -0.2) is 9.68 Å². The molecule has 0 rings (SSSR count). The van der Waals surface area contributed by atoms with Gasteiger partial charge in [-0.2, -0.15) is 0 Å². The SMILES string of the molecule is C=CCCC(C)(OO)C(=O)O. The Morgan fingerprint density at radius 1 is 1.82 bits per heavy atom. The molecule has 0 aromatic carbocycles. The zero-order valence-corrected chi connectivity index (χ0v) is 6.41. The lowest BCUT2D eigenvalue weighted by atomic mass is 10.0. The molecule has 4 nitrogen and oxygen atoms in total. The van der Waals surface area contributed by atoms with E-state index in [4.69, 9.17) is 10.4 Å². The molecule has 2 N–H and O–H groups in total. The van der Waals surface area contributed by atoms with Crippen LogP contribution in [0.3, 0.4) is 0 Å². The fourth-order valence-corrected chi connectivity index (χ4v) is 0.569. The summed E-state index contributed by atoms with van der Waals surface area (Å²) in [4.78, 5) is 14.3. The molecule has 0 saturated carbocycles. The first-order valence-electron chi connectivity index (χ1n) is 3.23. The minimum absolute atomic E-state index is 0.211. The summed E-state index contributed by atoms with van der Waals surface area (Å²) in [5, 5.41) is 16.8. The van der Waals surface area contributed by atoms with Crippen molar-refractivity contribution in [3.05, 3.63) is 12.7 Å². The van der Waals surface area contributed by atoms with Crippen LogP contribution in [0.5, 0.6) is 0 Å². The molecule has 0 fully saturated rings. The molecule has 0 radical (unpaired) electrons. The Balaban J connectivity index is 4.09. The number of aliphatic carboxylic acids is 1. The summed E-state index contributed by atoms with van der Waals surface area (Å²) < 4.78 is 0. The molecule has 0 aromatic heterocycles. The fraction of sp³-hybridized carbons (Fsp3) is 0.571. The second-order valence-electron chi connectivity index (χ2n) is 2.45. The van der Waals surface area contributed by atoms with Crippen LogP contribution in [0.2, 0.25) is 0 Å². The van der Waals surface area contributed by atoms with Crippen molar-refractivity contribution < 1.29 is 20.0 Å². The van der Waals surface area contributed by atoms with Gasteiger partial charge in [-0.3, -0.25) is 5.26 Å². The van der Waals surface area contributed by atoms with E-state index in [0.29, 0.717) is 6.42 Å². The number of carboxylic acid groups (broad SMARTS) is 1. The van der Waals surface area contributed by atoms with Crippen LogP contribution in [0.25, 0.3) is 0 Å². The second kappa shape index (κ2) is 4.10. The van der Waals surface area contributed by atoms with Crippen LogP contribution >= 0.6 is 0 Å². The molecule has 0 amide bonds. The molecule has 0 aliphatic rings. The summed E-state index contributed by atoms with van der Waals surface area (Å²) in [7, 11) is 0. The topological polar surface area (TPSA) is 66.8 Å². The highest BCUT2D eigenvalue weighted by atomic mass is 17.1. The molecule has 0 aliphatic heterocycles. The minimum atomic E-state index is -1.51. The predicted octanol–water partition coefficient (Wildman–Crippen LogP) is 1.29. The van der Waals surface area contributed by atoms with Crippen LogP contribution < -0.4 is 0 Å². The lowest BCUT2D eigenvalue weighted by Crippen LogP contribution is -2.37. The predicted molar refractivity (Wildman–Crippen MR) is 39.2 cm³/mol. The zero-order valence-electron chi connectivity index (χ0n) is 6.41. The maximum atomic E-state index is 10.4. The first-order valence-corrected chi connectivity index (χ1v) is 3.23. The van der Waals surface area contributed by atoms with Crippen LogP contribution in [-0.4, -0.2) is 21.9 Å². The van der Waals surface area contributed by atoms with Gasteiger partial charge in [-0.15, -0.1) is 6.58 Å². The molecule has 0 aliphatic carbocycles. The Hall–Kier alpha value is -0.870. The summed E-state index contributed by atoms with van der Waals surface area (Å²) in [5.41, 5.74) is -1.51. The minimum Gasteiger partial charge on any atom is -0.479 e. The smallest absolute Gasteiger partial charge is 0.339 e. The molecule has 1 atom stereocenters. The van der Waals surface area contributed by atoms with E-state index in [1.165, 1.54) is 6.92 Å². The first-order chi connectivity index (χ1) is 5.06. The second-order valence-corrected chi connectivity index (χ2v) is 2.45. The Kier molecular flexibility index (Phi) is 3.78. The largest absolute Gasteiger partial charge is 0.479 e. The summed E-state index contributed by atoms with van der Waals surface area (Å²) in [6, 6.07) is 0. The third kappa shape index (κ3) is 2.69. The lowest BCUT2D eigenvalue weighted by molar-refractivity contribution is -0.313. The van der Waals surface area contributed by atoms with E-state index in [1.54, 1.807) is 6.08 Å². The van der Waals surface area contributed by atoms with Crippen molar-refractivity contribution in [2.75, 3.05) is 0 Å². The molecule has 0 heterocycles. The summed E-state index contributed by atoms with van der Waals surface area (Å²) >= 11 is 0. The number of carboxylic acids is 1. The van der Waals surface area contributed by atoms with Crippen molar-refractivity contribution in [1.82, 2.24) is 0 Å². The molecular formula is C7H12O4. The summed E-state index contributed by atoms with van der Waals surface area (Å²) in [6.07, 6.45) is 2.27. The van der Waals surface area contributed by atoms with Gasteiger partial charge in [0.05, 0.1) is 0 Å². The standard InChI is InChI=1S/C7H12O4/c1-3-4-5-7(2,11-10)6(8)9/h3,10H,1,4-5H2,2H3,(H,8,9). The Morgan fingerprint density at radius 2 is 2.36 bits per heavy atom. The maximum Gasteiger partial charge on any atom is 0.339 e. The molecule has 1 unspecified atom stereocenters. The van der Waals surface area contributed by atoms with E-state index in [1.807, 2.05) is 0 Å². The number of carbonyl (C=O) groups is 1. The van der Waals surface area contributed by atoms with Gasteiger partial charge in [0.1, 0.15) is 0 Å². The number of allylic oxidation sites excluding steroid dienone is 1. The highest BCUT2D eigenvalue weighted by Crippen LogP contribution is 2.16. The van der Waals surface area contributed by atoms with Crippen LogP contribution in [0.1, 0.15) is 19.8 Å². The van der Waals surface area contributed by atoms with Gasteiger partial charge in [0.25, 0.3) is 0 Å². The van der Waals surface area contributed by atoms with Crippen molar-refractivity contribution in [3.8, 4) is 0 Å². The van der Waals surface area contributed by atoms with Crippen LogP contribution in [0.4, 0.5) is 0 Å². The normalized spacial score (nSPS) is 15.5. The quantitative estimate of drug-likeness (QED) is 0.361. The van der Waals surface area contributed by atoms with E-state index in [9.17, 15) is 4.79 Å². The van der Waals surface area contributed by atoms with E-state index >= 15 is 0 Å². The van der Waals surface area contributed by atoms with Crippen molar-refractivity contribution in [2.45, 2.75) is 25.4 Å². The third-order valence-electron chi connectivity index (χ3n) is 1.48. The van der Waals surface area contributed by atoms with Crippen molar-refractivity contribution in [1.29, 1.82) is 0 Å². The summed E-state index contributed by atoms with van der Waals surface area (Å²) in [5.74, 6) is -1.18.